The lowest BCUT2D eigenvalue weighted by Crippen LogP contribution is -2.35. The van der Waals surface area contributed by atoms with Gasteiger partial charge in [0, 0.05) is 12.0 Å². The largest absolute Gasteiger partial charge is 0.573 e. The molecule has 4 rings (SSSR count). The van der Waals surface area contributed by atoms with Gasteiger partial charge < -0.3 is 10.1 Å². The monoisotopic (exact) mass is 463 g/mol. The Bertz CT molecular complexity index is 1230. The Morgan fingerprint density at radius 3 is 2.45 bits per heavy atom. The molecule has 1 amide bonds. The van der Waals surface area contributed by atoms with E-state index in [4.69, 9.17) is 0 Å². The van der Waals surface area contributed by atoms with Crippen molar-refractivity contribution in [3.05, 3.63) is 52.1 Å². The van der Waals surface area contributed by atoms with E-state index in [1.165, 1.54) is 24.3 Å². The molecule has 3 aromatic rings. The predicted molar refractivity (Wildman–Crippen MR) is 114 cm³/mol. The van der Waals surface area contributed by atoms with Crippen LogP contribution in [-0.4, -0.2) is 31.8 Å². The molecular weight excluding hydrogens is 439 g/mol. The van der Waals surface area contributed by atoms with Crippen LogP contribution in [0.2, 0.25) is 0 Å². The zero-order valence-electron chi connectivity index (χ0n) is 18.4. The third kappa shape index (κ3) is 5.01. The first kappa shape index (κ1) is 22.8. The van der Waals surface area contributed by atoms with E-state index in [0.29, 0.717) is 16.5 Å². The normalized spacial score (nSPS) is 15.1. The van der Waals surface area contributed by atoms with Crippen LogP contribution in [0, 0.1) is 0 Å². The van der Waals surface area contributed by atoms with E-state index in [1.54, 1.807) is 17.8 Å². The Hall–Kier alpha value is -3.37. The van der Waals surface area contributed by atoms with Gasteiger partial charge in [0.15, 0.2) is 0 Å². The summed E-state index contributed by atoms with van der Waals surface area (Å²) in [6.45, 7) is 5.36. The molecule has 1 saturated carbocycles. The summed E-state index contributed by atoms with van der Waals surface area (Å²) in [5, 5.41) is 12.0. The molecule has 0 bridgehead atoms. The summed E-state index contributed by atoms with van der Waals surface area (Å²) in [4.78, 5) is 25.7. The molecule has 0 radical (unpaired) electrons. The highest BCUT2D eigenvalue weighted by Gasteiger charge is 2.32. The summed E-state index contributed by atoms with van der Waals surface area (Å²) >= 11 is 0. The molecule has 0 spiro atoms. The second kappa shape index (κ2) is 8.53. The number of hydrogen-bond donors (Lipinski definition) is 1. The number of rotatable bonds is 7. The van der Waals surface area contributed by atoms with Gasteiger partial charge in [-0.25, -0.2) is 4.68 Å². The molecule has 1 unspecified atom stereocenters. The molecular formula is C22H24F3N5O3. The molecule has 33 heavy (non-hydrogen) atoms. The van der Waals surface area contributed by atoms with E-state index in [9.17, 15) is 22.8 Å². The zero-order valence-corrected chi connectivity index (χ0v) is 18.4. The van der Waals surface area contributed by atoms with Crippen molar-refractivity contribution in [1.29, 1.82) is 0 Å². The molecule has 1 aromatic carbocycles. The molecule has 176 valence electrons. The van der Waals surface area contributed by atoms with E-state index in [1.807, 2.05) is 13.8 Å². The highest BCUT2D eigenvalue weighted by molar-refractivity contribution is 5.82. The molecule has 1 atom stereocenters. The highest BCUT2D eigenvalue weighted by atomic mass is 19.4. The predicted octanol–water partition coefficient (Wildman–Crippen LogP) is 3.83. The quantitative estimate of drug-likeness (QED) is 0.575. The number of nitrogens with zero attached hydrogens (tertiary/aromatic N) is 4. The van der Waals surface area contributed by atoms with Crippen molar-refractivity contribution < 1.29 is 22.7 Å². The molecule has 1 aliphatic carbocycles. The van der Waals surface area contributed by atoms with Crippen molar-refractivity contribution in [2.24, 2.45) is 0 Å². The summed E-state index contributed by atoms with van der Waals surface area (Å²) in [6.07, 6.45) is -1.24. The van der Waals surface area contributed by atoms with E-state index in [-0.39, 0.29) is 29.8 Å². The lowest BCUT2D eigenvalue weighted by atomic mass is 10.1. The second-order valence-corrected chi connectivity index (χ2v) is 8.47. The summed E-state index contributed by atoms with van der Waals surface area (Å²) in [7, 11) is 0. The van der Waals surface area contributed by atoms with Gasteiger partial charge in [-0.1, -0.05) is 12.1 Å². The summed E-state index contributed by atoms with van der Waals surface area (Å²) < 4.78 is 43.7. The molecule has 2 heterocycles. The molecule has 0 saturated heterocycles. The van der Waals surface area contributed by atoms with Gasteiger partial charge in [-0.15, -0.1) is 13.2 Å². The van der Waals surface area contributed by atoms with E-state index < -0.39 is 18.3 Å². The number of amides is 1. The SMILES string of the molecule is CC(NC(=O)Cn1ncc2c(c(C3CC3)nn2C(C)C)c1=O)c1ccc(OC(F)(F)F)cc1. The Labute approximate surface area is 187 Å². The van der Waals surface area contributed by atoms with Gasteiger partial charge >= 0.3 is 6.36 Å². The zero-order chi connectivity index (χ0) is 23.9. The van der Waals surface area contributed by atoms with E-state index in [0.717, 1.165) is 23.2 Å². The highest BCUT2D eigenvalue weighted by Crippen LogP contribution is 2.41. The lowest BCUT2D eigenvalue weighted by Gasteiger charge is -2.16. The minimum atomic E-state index is -4.77. The van der Waals surface area contributed by atoms with Crippen molar-refractivity contribution in [3.8, 4) is 5.75 Å². The van der Waals surface area contributed by atoms with Gasteiger partial charge in [-0.2, -0.15) is 10.2 Å². The number of aromatic nitrogens is 4. The third-order valence-corrected chi connectivity index (χ3v) is 5.48. The summed E-state index contributed by atoms with van der Waals surface area (Å²) in [5.74, 6) is -0.535. The van der Waals surface area contributed by atoms with Gasteiger partial charge in [0.2, 0.25) is 5.91 Å². The topological polar surface area (TPSA) is 91.0 Å². The van der Waals surface area contributed by atoms with Crippen LogP contribution in [0.4, 0.5) is 13.2 Å². The van der Waals surface area contributed by atoms with Gasteiger partial charge in [0.1, 0.15) is 12.3 Å². The number of carbonyl (C=O) groups excluding carboxylic acids is 1. The number of ether oxygens (including phenoxy) is 1. The van der Waals surface area contributed by atoms with Crippen LogP contribution < -0.4 is 15.6 Å². The van der Waals surface area contributed by atoms with Crippen molar-refractivity contribution in [2.45, 2.75) is 64.5 Å². The number of fused-ring (bicyclic) bond motifs is 1. The molecule has 1 N–H and O–H groups in total. The van der Waals surface area contributed by atoms with Crippen LogP contribution in [0.25, 0.3) is 10.9 Å². The average Bonchev–Trinajstić information content (AvgIpc) is 3.49. The smallest absolute Gasteiger partial charge is 0.406 e. The molecule has 8 nitrogen and oxygen atoms in total. The summed E-state index contributed by atoms with van der Waals surface area (Å²) in [6, 6.07) is 4.79. The van der Waals surface area contributed by atoms with E-state index in [2.05, 4.69) is 20.3 Å². The second-order valence-electron chi connectivity index (χ2n) is 8.47. The summed E-state index contributed by atoms with van der Waals surface area (Å²) in [5.41, 5.74) is 1.64. The molecule has 1 fully saturated rings. The van der Waals surface area contributed by atoms with Crippen LogP contribution in [0.15, 0.2) is 35.3 Å². The Kier molecular flexibility index (Phi) is 5.89. The Balaban J connectivity index is 1.49. The van der Waals surface area contributed by atoms with Crippen LogP contribution in [0.1, 0.15) is 62.9 Å². The van der Waals surface area contributed by atoms with Crippen LogP contribution in [0.5, 0.6) is 5.75 Å². The minimum Gasteiger partial charge on any atom is -0.406 e. The van der Waals surface area contributed by atoms with Crippen molar-refractivity contribution in [1.82, 2.24) is 24.9 Å². The van der Waals surface area contributed by atoms with Crippen molar-refractivity contribution in [3.63, 3.8) is 0 Å². The van der Waals surface area contributed by atoms with E-state index >= 15 is 0 Å². The van der Waals surface area contributed by atoms with Crippen LogP contribution >= 0.6 is 0 Å². The molecule has 11 heteroatoms. The first-order chi connectivity index (χ1) is 15.5. The van der Waals surface area contributed by atoms with Gasteiger partial charge in [0.25, 0.3) is 5.56 Å². The van der Waals surface area contributed by atoms with Crippen LogP contribution in [-0.2, 0) is 11.3 Å². The average molecular weight is 463 g/mol. The fraction of sp³-hybridized carbons (Fsp3) is 0.455. The third-order valence-electron chi connectivity index (χ3n) is 5.48. The van der Waals surface area contributed by atoms with Crippen LogP contribution in [0.3, 0.4) is 0 Å². The van der Waals surface area contributed by atoms with Gasteiger partial charge in [0.05, 0.1) is 28.8 Å². The molecule has 0 aliphatic heterocycles. The fourth-order valence-electron chi connectivity index (χ4n) is 3.73. The fourth-order valence-corrected chi connectivity index (χ4v) is 3.73. The lowest BCUT2D eigenvalue weighted by molar-refractivity contribution is -0.274. The number of nitrogens with one attached hydrogen (secondary N) is 1. The number of benzene rings is 1. The Morgan fingerprint density at radius 2 is 1.88 bits per heavy atom. The maximum Gasteiger partial charge on any atom is 0.573 e. The molecule has 2 aromatic heterocycles. The Morgan fingerprint density at radius 1 is 1.21 bits per heavy atom. The van der Waals surface area contributed by atoms with Gasteiger partial charge in [-0.3, -0.25) is 14.3 Å². The number of halogens is 3. The maximum atomic E-state index is 13.1. The standard InChI is InChI=1S/C22H24F3N5O3/c1-12(2)30-17-10-26-29(21(32)19(17)20(28-30)15-4-5-15)11-18(31)27-13(3)14-6-8-16(9-7-14)33-22(23,24)25/h6-10,12-13,15H,4-5,11H2,1-3H3,(H,27,31). The first-order valence-corrected chi connectivity index (χ1v) is 10.7. The minimum absolute atomic E-state index is 0.0640. The molecule has 1 aliphatic rings. The van der Waals surface area contributed by atoms with Gasteiger partial charge in [-0.05, 0) is 51.3 Å². The van der Waals surface area contributed by atoms with Crippen molar-refractivity contribution >= 4 is 16.8 Å². The first-order valence-electron chi connectivity index (χ1n) is 10.7. The number of carbonyl (C=O) groups is 1. The number of alkyl halides is 3. The maximum absolute atomic E-state index is 13.1. The van der Waals surface area contributed by atoms with Crippen molar-refractivity contribution in [2.75, 3.05) is 0 Å². The number of hydrogen-bond acceptors (Lipinski definition) is 5.